The third-order valence-corrected chi connectivity index (χ3v) is 3.22. The average Bonchev–Trinajstić information content (AvgIpc) is 2.43. The van der Waals surface area contributed by atoms with Crippen molar-refractivity contribution in [2.24, 2.45) is 5.41 Å². The van der Waals surface area contributed by atoms with Gasteiger partial charge in [-0.05, 0) is 27.2 Å². The lowest BCUT2D eigenvalue weighted by atomic mass is 9.88. The summed E-state index contributed by atoms with van der Waals surface area (Å²) in [5.74, 6) is 0. The van der Waals surface area contributed by atoms with E-state index in [2.05, 4.69) is 0 Å². The van der Waals surface area contributed by atoms with Crippen LogP contribution in [0, 0.1) is 5.41 Å². The lowest BCUT2D eigenvalue weighted by Gasteiger charge is -2.33. The summed E-state index contributed by atoms with van der Waals surface area (Å²) in [7, 11) is 0. The zero-order chi connectivity index (χ0) is 16.3. The van der Waals surface area contributed by atoms with Gasteiger partial charge in [0, 0.05) is 5.41 Å². The van der Waals surface area contributed by atoms with Crippen LogP contribution in [0.25, 0.3) is 0 Å². The molecule has 3 unspecified atom stereocenters. The molecule has 0 bridgehead atoms. The van der Waals surface area contributed by atoms with Gasteiger partial charge < -0.3 is 29.5 Å². The summed E-state index contributed by atoms with van der Waals surface area (Å²) in [6.45, 7) is 8.82. The first-order chi connectivity index (χ1) is 9.85. The molecule has 0 aromatic heterocycles. The van der Waals surface area contributed by atoms with E-state index in [-0.39, 0.29) is 31.3 Å². The quantitative estimate of drug-likeness (QED) is 0.461. The van der Waals surface area contributed by atoms with Gasteiger partial charge in [0.25, 0.3) is 0 Å². The average molecular weight is 308 g/mol. The zero-order valence-electron chi connectivity index (χ0n) is 13.7. The van der Waals surface area contributed by atoms with Crippen LogP contribution in [0.2, 0.25) is 0 Å². The van der Waals surface area contributed by atoms with Crippen LogP contribution in [0.1, 0.15) is 34.1 Å². The van der Waals surface area contributed by atoms with Gasteiger partial charge in [-0.3, -0.25) is 0 Å². The van der Waals surface area contributed by atoms with Crippen LogP contribution in [0.4, 0.5) is 0 Å². The van der Waals surface area contributed by atoms with Gasteiger partial charge in [-0.25, -0.2) is 0 Å². The number of hydrogen-bond acceptors (Lipinski definition) is 6. The number of aliphatic hydroxyl groups is 3. The Morgan fingerprint density at radius 1 is 0.905 bits per heavy atom. The Hall–Kier alpha value is -0.240. The minimum atomic E-state index is -0.518. The van der Waals surface area contributed by atoms with Crippen LogP contribution in [0.5, 0.6) is 0 Å². The van der Waals surface area contributed by atoms with Crippen molar-refractivity contribution in [3.05, 3.63) is 0 Å². The van der Waals surface area contributed by atoms with Gasteiger partial charge in [0.1, 0.15) is 0 Å². The molecule has 0 aliphatic carbocycles. The van der Waals surface area contributed by atoms with E-state index < -0.39 is 12.2 Å². The Labute approximate surface area is 128 Å². The summed E-state index contributed by atoms with van der Waals surface area (Å²) in [4.78, 5) is 0. The Morgan fingerprint density at radius 3 is 1.71 bits per heavy atom. The first-order valence-corrected chi connectivity index (χ1v) is 7.59. The third-order valence-electron chi connectivity index (χ3n) is 3.22. The second-order valence-electron chi connectivity index (χ2n) is 5.89. The fraction of sp³-hybridized carbons (Fsp3) is 1.00. The van der Waals surface area contributed by atoms with Gasteiger partial charge in [-0.15, -0.1) is 0 Å². The van der Waals surface area contributed by atoms with Crippen LogP contribution in [0.3, 0.4) is 0 Å². The fourth-order valence-corrected chi connectivity index (χ4v) is 1.69. The molecule has 0 rings (SSSR count). The molecule has 0 radical (unpaired) electrons. The first-order valence-electron chi connectivity index (χ1n) is 7.59. The molecule has 0 heterocycles. The van der Waals surface area contributed by atoms with Crippen molar-refractivity contribution in [1.29, 1.82) is 0 Å². The summed E-state index contributed by atoms with van der Waals surface area (Å²) in [6.07, 6.45) is -0.514. The van der Waals surface area contributed by atoms with Gasteiger partial charge in [0.2, 0.25) is 0 Å². The van der Waals surface area contributed by atoms with Crippen molar-refractivity contribution in [3.8, 4) is 0 Å². The van der Waals surface area contributed by atoms with Gasteiger partial charge in [-0.1, -0.05) is 6.92 Å². The number of rotatable bonds is 13. The van der Waals surface area contributed by atoms with E-state index in [1.165, 1.54) is 0 Å². The highest BCUT2D eigenvalue weighted by atomic mass is 16.5. The highest BCUT2D eigenvalue weighted by Gasteiger charge is 2.30. The van der Waals surface area contributed by atoms with Crippen molar-refractivity contribution in [3.63, 3.8) is 0 Å². The molecule has 0 spiro atoms. The highest BCUT2D eigenvalue weighted by molar-refractivity contribution is 4.78. The molecule has 6 heteroatoms. The molecule has 0 amide bonds. The normalized spacial score (nSPS) is 19.0. The molecule has 21 heavy (non-hydrogen) atoms. The molecule has 0 saturated heterocycles. The lowest BCUT2D eigenvalue weighted by Crippen LogP contribution is -2.39. The van der Waals surface area contributed by atoms with Gasteiger partial charge in [0.05, 0.1) is 58.0 Å². The van der Waals surface area contributed by atoms with Gasteiger partial charge in [-0.2, -0.15) is 0 Å². The van der Waals surface area contributed by atoms with Crippen molar-refractivity contribution in [1.82, 2.24) is 0 Å². The smallest absolute Gasteiger partial charge is 0.0778 e. The summed E-state index contributed by atoms with van der Waals surface area (Å²) >= 11 is 0. The van der Waals surface area contributed by atoms with E-state index >= 15 is 0 Å². The zero-order valence-corrected chi connectivity index (χ0v) is 13.7. The summed E-state index contributed by atoms with van der Waals surface area (Å²) < 4.78 is 16.7. The lowest BCUT2D eigenvalue weighted by molar-refractivity contribution is -0.106. The molecule has 0 saturated carbocycles. The minimum Gasteiger partial charge on any atom is -0.394 e. The molecule has 0 fully saturated rings. The van der Waals surface area contributed by atoms with E-state index in [9.17, 15) is 10.2 Å². The van der Waals surface area contributed by atoms with Crippen molar-refractivity contribution in [2.75, 3.05) is 39.6 Å². The predicted octanol–water partition coefficient (Wildman–Crippen LogP) is 0.575. The Kier molecular flexibility index (Phi) is 11.2. The maximum Gasteiger partial charge on any atom is 0.0778 e. The standard InChI is InChI=1S/C15H32O6/c1-5-15(9-19-7-12(2)17,10-20-8-13(3)18)11-21-14(4)6-16/h12-14,16-18H,5-11H2,1-4H3. The molecule has 3 N–H and O–H groups in total. The second-order valence-corrected chi connectivity index (χ2v) is 5.89. The summed E-state index contributed by atoms with van der Waals surface area (Å²) in [6, 6.07) is 0. The molecule has 0 aliphatic heterocycles. The maximum absolute atomic E-state index is 9.27. The summed E-state index contributed by atoms with van der Waals surface area (Å²) in [5, 5.41) is 27.6. The topological polar surface area (TPSA) is 88.4 Å². The largest absolute Gasteiger partial charge is 0.394 e. The molecule has 0 aromatic rings. The van der Waals surface area contributed by atoms with E-state index in [1.54, 1.807) is 20.8 Å². The van der Waals surface area contributed by atoms with E-state index in [4.69, 9.17) is 19.3 Å². The van der Waals surface area contributed by atoms with Gasteiger partial charge >= 0.3 is 0 Å². The van der Waals surface area contributed by atoms with Crippen molar-refractivity contribution < 1.29 is 29.5 Å². The second kappa shape index (κ2) is 11.3. The molecule has 0 aliphatic rings. The molecule has 3 atom stereocenters. The van der Waals surface area contributed by atoms with Crippen molar-refractivity contribution >= 4 is 0 Å². The number of ether oxygens (including phenoxy) is 3. The molecule has 0 aromatic carbocycles. The molecule has 6 nitrogen and oxygen atoms in total. The van der Waals surface area contributed by atoms with Crippen LogP contribution < -0.4 is 0 Å². The van der Waals surface area contributed by atoms with Crippen LogP contribution >= 0.6 is 0 Å². The Balaban J connectivity index is 4.50. The SMILES string of the molecule is CCC(COCC(C)O)(COCC(C)O)COC(C)CO. The number of aliphatic hydroxyl groups excluding tert-OH is 3. The molecular weight excluding hydrogens is 276 g/mol. The first kappa shape index (κ1) is 20.8. The summed E-state index contributed by atoms with van der Waals surface area (Å²) in [5.41, 5.74) is -0.354. The van der Waals surface area contributed by atoms with Crippen molar-refractivity contribution in [2.45, 2.75) is 52.4 Å². The third kappa shape index (κ3) is 10.2. The van der Waals surface area contributed by atoms with E-state index in [0.29, 0.717) is 19.8 Å². The van der Waals surface area contributed by atoms with Crippen LogP contribution in [-0.4, -0.2) is 73.3 Å². The predicted molar refractivity (Wildman–Crippen MR) is 80.2 cm³/mol. The highest BCUT2D eigenvalue weighted by Crippen LogP contribution is 2.25. The van der Waals surface area contributed by atoms with Crippen LogP contribution in [0.15, 0.2) is 0 Å². The van der Waals surface area contributed by atoms with Gasteiger partial charge in [0.15, 0.2) is 0 Å². The minimum absolute atomic E-state index is 0.0388. The fourth-order valence-electron chi connectivity index (χ4n) is 1.69. The monoisotopic (exact) mass is 308 g/mol. The molecular formula is C15H32O6. The number of hydrogen-bond donors (Lipinski definition) is 3. The Morgan fingerprint density at radius 2 is 1.38 bits per heavy atom. The van der Waals surface area contributed by atoms with E-state index in [1.807, 2.05) is 6.92 Å². The van der Waals surface area contributed by atoms with E-state index in [0.717, 1.165) is 6.42 Å². The molecule has 128 valence electrons. The van der Waals surface area contributed by atoms with Crippen LogP contribution in [-0.2, 0) is 14.2 Å². The Bertz CT molecular complexity index is 230. The maximum atomic E-state index is 9.27.